The topological polar surface area (TPSA) is 84.6 Å². The lowest BCUT2D eigenvalue weighted by Gasteiger charge is -2.14. The maximum absolute atomic E-state index is 5.68. The number of hydrogen-bond acceptors (Lipinski definition) is 5. The van der Waals surface area contributed by atoms with Crippen molar-refractivity contribution in [3.8, 4) is 17.2 Å². The number of aryl methyl sites for hydroxylation is 1. The molecule has 166 valence electrons. The number of para-hydroxylation sites is 1. The van der Waals surface area contributed by atoms with Crippen LogP contribution in [0.25, 0.3) is 11.5 Å². The van der Waals surface area contributed by atoms with Gasteiger partial charge in [0.1, 0.15) is 5.75 Å². The fourth-order valence-electron chi connectivity index (χ4n) is 3.00. The number of hydrogen-bond donors (Lipinski definition) is 2. The van der Waals surface area contributed by atoms with Crippen LogP contribution < -0.4 is 15.4 Å². The maximum atomic E-state index is 5.68. The number of benzene rings is 2. The van der Waals surface area contributed by atoms with Crippen LogP contribution in [0.2, 0.25) is 0 Å². The number of guanidine groups is 1. The van der Waals surface area contributed by atoms with Crippen molar-refractivity contribution in [3.05, 3.63) is 65.5 Å². The molecule has 0 unspecified atom stereocenters. The molecule has 0 aliphatic heterocycles. The van der Waals surface area contributed by atoms with Crippen molar-refractivity contribution in [2.75, 3.05) is 20.2 Å². The van der Waals surface area contributed by atoms with E-state index in [4.69, 9.17) is 9.26 Å². The molecule has 0 radical (unpaired) electrons. The van der Waals surface area contributed by atoms with Gasteiger partial charge in [0.05, 0.1) is 6.61 Å². The average Bonchev–Trinajstić information content (AvgIpc) is 3.27. The predicted octanol–water partition coefficient (Wildman–Crippen LogP) is 4.22. The molecule has 1 heterocycles. The molecular formula is C23H30IN5O2. The Morgan fingerprint density at radius 1 is 1.06 bits per heavy atom. The minimum Gasteiger partial charge on any atom is -0.494 e. The van der Waals surface area contributed by atoms with Gasteiger partial charge in [0.2, 0.25) is 0 Å². The smallest absolute Gasteiger partial charge is 0.257 e. The van der Waals surface area contributed by atoms with E-state index in [2.05, 4.69) is 44.0 Å². The number of ether oxygens (including phenoxy) is 1. The molecule has 0 aliphatic carbocycles. The predicted molar refractivity (Wildman–Crippen MR) is 134 cm³/mol. The van der Waals surface area contributed by atoms with Crippen molar-refractivity contribution in [2.24, 2.45) is 4.99 Å². The Labute approximate surface area is 200 Å². The Kier molecular flexibility index (Phi) is 10.3. The molecule has 2 N–H and O–H groups in total. The molecule has 0 fully saturated rings. The summed E-state index contributed by atoms with van der Waals surface area (Å²) in [4.78, 5) is 8.67. The monoisotopic (exact) mass is 535 g/mol. The van der Waals surface area contributed by atoms with Crippen molar-refractivity contribution in [2.45, 2.75) is 33.2 Å². The fraction of sp³-hybridized carbons (Fsp3) is 0.348. The third-order valence-corrected chi connectivity index (χ3v) is 4.63. The number of halogens is 1. The molecule has 3 aromatic rings. The quantitative estimate of drug-likeness (QED) is 0.243. The van der Waals surface area contributed by atoms with Gasteiger partial charge < -0.3 is 19.9 Å². The van der Waals surface area contributed by atoms with E-state index in [9.17, 15) is 0 Å². The van der Waals surface area contributed by atoms with Crippen molar-refractivity contribution < 1.29 is 9.26 Å². The van der Waals surface area contributed by atoms with Crippen LogP contribution in [0.15, 0.2) is 58.0 Å². The van der Waals surface area contributed by atoms with Gasteiger partial charge in [0.15, 0.2) is 11.8 Å². The molecule has 1 aromatic heterocycles. The molecule has 0 spiro atoms. The van der Waals surface area contributed by atoms with Crippen molar-refractivity contribution in [3.63, 3.8) is 0 Å². The minimum absolute atomic E-state index is 0. The van der Waals surface area contributed by atoms with Crippen LogP contribution >= 0.6 is 24.0 Å². The van der Waals surface area contributed by atoms with Gasteiger partial charge in [-0.15, -0.1) is 24.0 Å². The summed E-state index contributed by atoms with van der Waals surface area (Å²) in [7, 11) is 1.77. The van der Waals surface area contributed by atoms with Crippen molar-refractivity contribution in [1.29, 1.82) is 0 Å². The zero-order chi connectivity index (χ0) is 21.2. The molecule has 0 amide bonds. The number of rotatable bonds is 9. The van der Waals surface area contributed by atoms with Gasteiger partial charge in [-0.25, -0.2) is 0 Å². The first-order valence-corrected chi connectivity index (χ1v) is 10.3. The molecule has 0 saturated heterocycles. The van der Waals surface area contributed by atoms with Crippen LogP contribution in [0.1, 0.15) is 30.8 Å². The highest BCUT2D eigenvalue weighted by Gasteiger charge is 2.08. The van der Waals surface area contributed by atoms with E-state index in [-0.39, 0.29) is 24.0 Å². The molecule has 8 heteroatoms. The van der Waals surface area contributed by atoms with Crippen LogP contribution in [-0.4, -0.2) is 36.3 Å². The van der Waals surface area contributed by atoms with E-state index in [1.54, 1.807) is 7.05 Å². The normalized spacial score (nSPS) is 11.0. The molecule has 0 atom stereocenters. The Morgan fingerprint density at radius 3 is 2.52 bits per heavy atom. The summed E-state index contributed by atoms with van der Waals surface area (Å²) in [6, 6.07) is 16.2. The Hall–Kier alpha value is -2.62. The second-order valence-electron chi connectivity index (χ2n) is 6.71. The van der Waals surface area contributed by atoms with Crippen LogP contribution in [0, 0.1) is 0 Å². The summed E-state index contributed by atoms with van der Waals surface area (Å²) in [6.45, 7) is 6.06. The third kappa shape index (κ3) is 7.23. The molecule has 0 aliphatic rings. The summed E-state index contributed by atoms with van der Waals surface area (Å²) in [5.41, 5.74) is 3.26. The van der Waals surface area contributed by atoms with E-state index >= 15 is 0 Å². The van der Waals surface area contributed by atoms with Gasteiger partial charge in [0, 0.05) is 37.7 Å². The molecule has 2 aromatic carbocycles. The first-order valence-electron chi connectivity index (χ1n) is 10.3. The van der Waals surface area contributed by atoms with Gasteiger partial charge in [-0.05, 0) is 37.1 Å². The van der Waals surface area contributed by atoms with Gasteiger partial charge in [-0.2, -0.15) is 4.98 Å². The van der Waals surface area contributed by atoms with Gasteiger partial charge >= 0.3 is 0 Å². The highest BCUT2D eigenvalue weighted by Crippen LogP contribution is 2.18. The maximum Gasteiger partial charge on any atom is 0.257 e. The van der Waals surface area contributed by atoms with Crippen molar-refractivity contribution in [1.82, 2.24) is 20.8 Å². The van der Waals surface area contributed by atoms with Crippen LogP contribution in [0.4, 0.5) is 0 Å². The lowest BCUT2D eigenvalue weighted by atomic mass is 10.1. The van der Waals surface area contributed by atoms with Crippen molar-refractivity contribution >= 4 is 29.9 Å². The second-order valence-corrected chi connectivity index (χ2v) is 6.71. The second kappa shape index (κ2) is 12.9. The van der Waals surface area contributed by atoms with Crippen LogP contribution in [0.5, 0.6) is 5.75 Å². The lowest BCUT2D eigenvalue weighted by Crippen LogP contribution is -2.37. The minimum atomic E-state index is 0. The van der Waals surface area contributed by atoms with Crippen LogP contribution in [-0.2, 0) is 19.4 Å². The summed E-state index contributed by atoms with van der Waals surface area (Å²) in [5.74, 6) is 2.95. The summed E-state index contributed by atoms with van der Waals surface area (Å²) < 4.78 is 11.0. The summed E-state index contributed by atoms with van der Waals surface area (Å²) in [6.07, 6.45) is 1.64. The zero-order valence-corrected chi connectivity index (χ0v) is 20.6. The van der Waals surface area contributed by atoms with E-state index in [1.807, 2.05) is 44.2 Å². The van der Waals surface area contributed by atoms with E-state index in [0.29, 0.717) is 19.0 Å². The molecule has 0 saturated carbocycles. The first-order chi connectivity index (χ1) is 14.7. The fourth-order valence-corrected chi connectivity index (χ4v) is 3.00. The Bertz CT molecular complexity index is 957. The molecule has 3 rings (SSSR count). The number of aromatic nitrogens is 2. The SMILES string of the molecule is CCOc1ccccc1CNC(=NC)NCCc1ccc(-c2nc(CC)no2)cc1.I. The van der Waals surface area contributed by atoms with Crippen LogP contribution in [0.3, 0.4) is 0 Å². The largest absolute Gasteiger partial charge is 0.494 e. The zero-order valence-electron chi connectivity index (χ0n) is 18.2. The average molecular weight is 535 g/mol. The molecule has 0 bridgehead atoms. The molecule has 31 heavy (non-hydrogen) atoms. The number of nitrogens with zero attached hydrogens (tertiary/aromatic N) is 3. The summed E-state index contributed by atoms with van der Waals surface area (Å²) in [5, 5.41) is 10.6. The van der Waals surface area contributed by atoms with Gasteiger partial charge in [-0.3, -0.25) is 4.99 Å². The van der Waals surface area contributed by atoms with E-state index < -0.39 is 0 Å². The first kappa shape index (κ1) is 24.6. The Morgan fingerprint density at radius 2 is 1.84 bits per heavy atom. The molecular weight excluding hydrogens is 505 g/mol. The van der Waals surface area contributed by atoms with E-state index in [0.717, 1.165) is 48.0 Å². The van der Waals surface area contributed by atoms with E-state index in [1.165, 1.54) is 5.56 Å². The lowest BCUT2D eigenvalue weighted by molar-refractivity contribution is 0.336. The van der Waals surface area contributed by atoms with Gasteiger partial charge in [0.25, 0.3) is 5.89 Å². The molecule has 7 nitrogen and oxygen atoms in total. The highest BCUT2D eigenvalue weighted by atomic mass is 127. The number of aliphatic imine (C=N–C) groups is 1. The van der Waals surface area contributed by atoms with Gasteiger partial charge in [-0.1, -0.05) is 42.4 Å². The third-order valence-electron chi connectivity index (χ3n) is 4.63. The Balaban J connectivity index is 0.00000341. The number of nitrogens with one attached hydrogen (secondary N) is 2. The standard InChI is InChI=1S/C23H29N5O2.HI/c1-4-21-27-22(30-28-21)18-12-10-17(11-13-18)14-15-25-23(24-3)26-16-19-8-6-7-9-20(19)29-5-2;/h6-13H,4-5,14-16H2,1-3H3,(H2,24,25,26);1H. The summed E-state index contributed by atoms with van der Waals surface area (Å²) >= 11 is 0. The highest BCUT2D eigenvalue weighted by molar-refractivity contribution is 14.0.